The predicted octanol–water partition coefficient (Wildman–Crippen LogP) is 12.0. The van der Waals surface area contributed by atoms with Crippen LogP contribution < -0.4 is 15.5 Å². The van der Waals surface area contributed by atoms with Crippen LogP contribution in [-0.4, -0.2) is 10.6 Å². The minimum absolute atomic E-state index is 0.168. The van der Waals surface area contributed by atoms with E-state index in [1.54, 1.807) is 0 Å². The van der Waals surface area contributed by atoms with Gasteiger partial charge in [0.25, 0.3) is 0 Å². The van der Waals surface area contributed by atoms with E-state index in [2.05, 4.69) is 185 Å². The van der Waals surface area contributed by atoms with E-state index < -0.39 is 0 Å². The highest BCUT2D eigenvalue weighted by Gasteiger charge is 2.39. The molecular weight excluding hydrogens is 709 g/mol. The zero-order chi connectivity index (χ0) is 37.9. The van der Waals surface area contributed by atoms with Gasteiger partial charge >= 0.3 is 0 Å². The Balaban J connectivity index is 0.910. The second kappa shape index (κ2) is 12.2. The van der Waals surface area contributed by atoms with Crippen molar-refractivity contribution in [2.45, 2.75) is 31.2 Å². The zero-order valence-corrected chi connectivity index (χ0v) is 31.8. The average Bonchev–Trinajstić information content (AvgIpc) is 4.03. The van der Waals surface area contributed by atoms with E-state index in [9.17, 15) is 0 Å². The Bertz CT molecular complexity index is 3250. The summed E-state index contributed by atoms with van der Waals surface area (Å²) < 4.78 is 16.0. The first-order chi connectivity index (χ1) is 28.7. The maximum absolute atomic E-state index is 6.91. The minimum Gasteiger partial charge on any atom is -0.464 e. The molecule has 58 heavy (non-hydrogen) atoms. The van der Waals surface area contributed by atoms with E-state index in [1.165, 1.54) is 72.3 Å². The SMILES string of the molecule is C1=CC2C(C=C1c1ccccc1)c1cc(-c3ccc4oc5c(c4c3)=C3OC4=C(C=C(n6c7ccccc7c7ccccc76)CC4)C3CC=5)ccc1N2c1ccccc1. The lowest BCUT2D eigenvalue weighted by atomic mass is 9.85. The van der Waals surface area contributed by atoms with Crippen LogP contribution in [0.25, 0.3) is 67.0 Å². The molecule has 3 unspecified atom stereocenters. The maximum Gasteiger partial charge on any atom is 0.135 e. The molecular formula is C54H38N2O2. The molecule has 0 fully saturated rings. The van der Waals surface area contributed by atoms with Crippen LogP contribution in [0.3, 0.4) is 0 Å². The Morgan fingerprint density at radius 1 is 0.638 bits per heavy atom. The summed E-state index contributed by atoms with van der Waals surface area (Å²) in [5.74, 6) is 2.54. The third-order valence-corrected chi connectivity index (χ3v) is 13.2. The molecule has 0 amide bonds. The molecule has 276 valence electrons. The van der Waals surface area contributed by atoms with Crippen molar-refractivity contribution in [1.29, 1.82) is 0 Å². The van der Waals surface area contributed by atoms with E-state index in [-0.39, 0.29) is 17.9 Å². The molecule has 3 atom stereocenters. The normalized spacial score (nSPS) is 20.3. The van der Waals surface area contributed by atoms with E-state index in [4.69, 9.17) is 9.15 Å². The summed E-state index contributed by atoms with van der Waals surface area (Å²) in [6.07, 6.45) is 14.5. The van der Waals surface area contributed by atoms with Crippen molar-refractivity contribution in [3.63, 3.8) is 0 Å². The first kappa shape index (κ1) is 32.1. The summed E-state index contributed by atoms with van der Waals surface area (Å²) >= 11 is 0. The van der Waals surface area contributed by atoms with Gasteiger partial charge in [0.05, 0.1) is 22.3 Å². The van der Waals surface area contributed by atoms with Crippen molar-refractivity contribution in [2.75, 3.05) is 4.90 Å². The lowest BCUT2D eigenvalue weighted by molar-refractivity contribution is 0.359. The molecule has 3 aliphatic carbocycles. The Morgan fingerprint density at radius 2 is 1.36 bits per heavy atom. The van der Waals surface area contributed by atoms with Crippen LogP contribution in [0.15, 0.2) is 186 Å². The fourth-order valence-electron chi connectivity index (χ4n) is 10.5. The molecule has 0 saturated carbocycles. The monoisotopic (exact) mass is 746 g/mol. The van der Waals surface area contributed by atoms with Crippen molar-refractivity contribution in [1.82, 2.24) is 4.57 Å². The molecule has 0 radical (unpaired) electrons. The molecule has 8 aromatic rings. The van der Waals surface area contributed by atoms with Gasteiger partial charge in [-0.15, -0.1) is 0 Å². The molecule has 2 aromatic heterocycles. The first-order valence-electron chi connectivity index (χ1n) is 20.6. The van der Waals surface area contributed by atoms with Gasteiger partial charge in [-0.25, -0.2) is 0 Å². The Kier molecular flexibility index (Phi) is 6.77. The fourth-order valence-corrected chi connectivity index (χ4v) is 10.5. The number of rotatable bonds is 4. The van der Waals surface area contributed by atoms with Gasteiger partial charge in [-0.3, -0.25) is 0 Å². The van der Waals surface area contributed by atoms with Gasteiger partial charge in [-0.1, -0.05) is 115 Å². The van der Waals surface area contributed by atoms with Crippen LogP contribution in [0.5, 0.6) is 0 Å². The minimum atomic E-state index is 0.168. The van der Waals surface area contributed by atoms with Crippen molar-refractivity contribution < 1.29 is 9.15 Å². The number of ether oxygens (including phenoxy) is 1. The Morgan fingerprint density at radius 3 is 2.17 bits per heavy atom. The summed E-state index contributed by atoms with van der Waals surface area (Å²) in [5.41, 5.74) is 15.7. The average molecular weight is 747 g/mol. The Hall–Kier alpha value is -7.04. The van der Waals surface area contributed by atoms with Crippen molar-refractivity contribution >= 4 is 67.3 Å². The van der Waals surface area contributed by atoms with Crippen LogP contribution >= 0.6 is 0 Å². The molecule has 4 nitrogen and oxygen atoms in total. The summed E-state index contributed by atoms with van der Waals surface area (Å²) in [4.78, 5) is 2.51. The molecule has 0 N–H and O–H groups in total. The number of benzene rings is 6. The van der Waals surface area contributed by atoms with Crippen molar-refractivity contribution in [3.8, 4) is 11.1 Å². The first-order valence-corrected chi connectivity index (χ1v) is 20.6. The number of fused-ring (bicyclic) bond motifs is 11. The molecule has 0 bridgehead atoms. The van der Waals surface area contributed by atoms with Gasteiger partial charge in [-0.2, -0.15) is 0 Å². The van der Waals surface area contributed by atoms with Crippen molar-refractivity contribution in [2.24, 2.45) is 5.92 Å². The summed E-state index contributed by atoms with van der Waals surface area (Å²) in [5, 5.41) is 4.82. The lowest BCUT2D eigenvalue weighted by Gasteiger charge is -2.29. The van der Waals surface area contributed by atoms with E-state index in [0.717, 1.165) is 52.4 Å². The predicted molar refractivity (Wildman–Crippen MR) is 237 cm³/mol. The molecule has 13 rings (SSSR count). The maximum atomic E-state index is 6.91. The number of furan rings is 1. The van der Waals surface area contributed by atoms with Gasteiger partial charge in [0, 0.05) is 57.1 Å². The van der Waals surface area contributed by atoms with E-state index in [0.29, 0.717) is 0 Å². The highest BCUT2D eigenvalue weighted by atomic mass is 16.5. The molecule has 2 aliphatic heterocycles. The fraction of sp³-hybridized carbons (Fsp3) is 0.111. The number of nitrogens with zero attached hydrogens (tertiary/aromatic N) is 2. The number of anilines is 2. The van der Waals surface area contributed by atoms with Gasteiger partial charge in [0.2, 0.25) is 0 Å². The van der Waals surface area contributed by atoms with Crippen LogP contribution in [0, 0.1) is 5.92 Å². The van der Waals surface area contributed by atoms with Crippen LogP contribution in [0.4, 0.5) is 11.4 Å². The number of aromatic nitrogens is 1. The van der Waals surface area contributed by atoms with Gasteiger partial charge in [0.15, 0.2) is 0 Å². The highest BCUT2D eigenvalue weighted by molar-refractivity contribution is 6.10. The highest BCUT2D eigenvalue weighted by Crippen LogP contribution is 2.51. The van der Waals surface area contributed by atoms with Crippen LogP contribution in [-0.2, 0) is 4.74 Å². The number of allylic oxidation sites excluding steroid dienone is 5. The quantitative estimate of drug-likeness (QED) is 0.180. The molecule has 4 heterocycles. The van der Waals surface area contributed by atoms with Crippen molar-refractivity contribution in [3.05, 3.63) is 203 Å². The molecule has 5 aliphatic rings. The van der Waals surface area contributed by atoms with E-state index >= 15 is 0 Å². The second-order valence-electron chi connectivity index (χ2n) is 16.2. The smallest absolute Gasteiger partial charge is 0.135 e. The summed E-state index contributed by atoms with van der Waals surface area (Å²) in [6.45, 7) is 0. The summed E-state index contributed by atoms with van der Waals surface area (Å²) in [7, 11) is 0. The van der Waals surface area contributed by atoms with Gasteiger partial charge in [-0.05, 0) is 101 Å². The van der Waals surface area contributed by atoms with Gasteiger partial charge in [0.1, 0.15) is 22.5 Å². The van der Waals surface area contributed by atoms with E-state index in [1.807, 2.05) is 0 Å². The number of para-hydroxylation sites is 3. The topological polar surface area (TPSA) is 30.5 Å². The van der Waals surface area contributed by atoms with Crippen LogP contribution in [0.1, 0.15) is 36.3 Å². The number of hydrogen-bond donors (Lipinski definition) is 0. The molecule has 0 saturated heterocycles. The standard InChI is InChI=1S/C54H38N2O2/c1-3-11-33(12-4-1)34-19-24-48-42(29-34)43-30-35(20-25-49(43)55(48)37-13-5-2-6-14-37)36-21-26-51-45(31-36)53-52(57-51)28-23-41-44-32-38(22-27-50(44)58-54(41)53)56-46-17-9-7-15-39(46)40-16-8-10-18-47(40)56/h1-21,24-26,28-32,41-42,48H,22-23,27H2. The summed E-state index contributed by atoms with van der Waals surface area (Å²) in [6, 6.07) is 53.1. The largest absolute Gasteiger partial charge is 0.464 e. The van der Waals surface area contributed by atoms with Gasteiger partial charge < -0.3 is 18.6 Å². The number of hydrogen-bond acceptors (Lipinski definition) is 3. The van der Waals surface area contributed by atoms with Crippen LogP contribution in [0.2, 0.25) is 0 Å². The second-order valence-corrected chi connectivity index (χ2v) is 16.2. The molecule has 4 heteroatoms. The molecule has 0 spiro atoms. The Labute approximate surface area is 335 Å². The lowest BCUT2D eigenvalue weighted by Crippen LogP contribution is -2.29. The molecule has 6 aromatic carbocycles. The third kappa shape index (κ3) is 4.63. The third-order valence-electron chi connectivity index (χ3n) is 13.2. The zero-order valence-electron chi connectivity index (χ0n) is 31.8.